The Morgan fingerprint density at radius 2 is 2.04 bits per heavy atom. The number of halogens is 1. The van der Waals surface area contributed by atoms with Crippen LogP contribution in [-0.4, -0.2) is 29.4 Å². The summed E-state index contributed by atoms with van der Waals surface area (Å²) in [6.45, 7) is 0. The number of aromatic nitrogens is 1. The molecule has 122 valence electrons. The molecule has 6 nitrogen and oxygen atoms in total. The first kappa shape index (κ1) is 15.7. The van der Waals surface area contributed by atoms with Gasteiger partial charge in [0.1, 0.15) is 5.69 Å². The molecule has 1 fully saturated rings. The van der Waals surface area contributed by atoms with Gasteiger partial charge in [-0.15, -0.1) is 0 Å². The van der Waals surface area contributed by atoms with Gasteiger partial charge >= 0.3 is 5.97 Å². The number of carboxylic acids is 1. The largest absolute Gasteiger partial charge is 0.493 e. The second-order valence-corrected chi connectivity index (χ2v) is 5.80. The third-order valence-electron chi connectivity index (χ3n) is 3.85. The number of carboxylic acid groups (broad SMARTS) is 1. The van der Waals surface area contributed by atoms with Gasteiger partial charge in [0.2, 0.25) is 5.76 Å². The first-order valence-electron chi connectivity index (χ1n) is 7.33. The molecule has 0 unspecified atom stereocenters. The molecule has 2 aromatic rings. The van der Waals surface area contributed by atoms with Crippen molar-refractivity contribution in [3.63, 3.8) is 0 Å². The highest BCUT2D eigenvalue weighted by molar-refractivity contribution is 6.33. The van der Waals surface area contributed by atoms with E-state index in [1.54, 1.807) is 19.2 Å². The molecule has 0 bridgehead atoms. The zero-order chi connectivity index (χ0) is 16.4. The van der Waals surface area contributed by atoms with Crippen LogP contribution in [0.3, 0.4) is 0 Å². The van der Waals surface area contributed by atoms with Gasteiger partial charge in [-0.3, -0.25) is 0 Å². The van der Waals surface area contributed by atoms with E-state index in [2.05, 4.69) is 5.16 Å². The molecule has 7 heteroatoms. The fraction of sp³-hybridized carbons (Fsp3) is 0.375. The van der Waals surface area contributed by atoms with Crippen LogP contribution < -0.4 is 9.47 Å². The number of methoxy groups -OCH3 is 1. The first-order valence-corrected chi connectivity index (χ1v) is 7.71. The van der Waals surface area contributed by atoms with E-state index in [9.17, 15) is 4.79 Å². The van der Waals surface area contributed by atoms with Crippen molar-refractivity contribution in [1.82, 2.24) is 5.16 Å². The number of hydrogen-bond donors (Lipinski definition) is 1. The van der Waals surface area contributed by atoms with Crippen LogP contribution >= 0.6 is 11.6 Å². The van der Waals surface area contributed by atoms with E-state index >= 15 is 0 Å². The number of rotatable bonds is 5. The van der Waals surface area contributed by atoms with Crippen LogP contribution in [0.25, 0.3) is 11.3 Å². The van der Waals surface area contributed by atoms with E-state index in [0.717, 1.165) is 25.7 Å². The number of benzene rings is 1. The topological polar surface area (TPSA) is 81.8 Å². The van der Waals surface area contributed by atoms with Crippen LogP contribution in [0, 0.1) is 0 Å². The van der Waals surface area contributed by atoms with E-state index in [1.165, 1.54) is 6.07 Å². The third kappa shape index (κ3) is 3.27. The fourth-order valence-electron chi connectivity index (χ4n) is 2.67. The zero-order valence-electron chi connectivity index (χ0n) is 12.5. The molecule has 23 heavy (non-hydrogen) atoms. The maximum atomic E-state index is 10.9. The van der Waals surface area contributed by atoms with Crippen molar-refractivity contribution in [3.8, 4) is 22.8 Å². The Kier molecular flexibility index (Phi) is 4.43. The highest BCUT2D eigenvalue weighted by atomic mass is 35.5. The minimum absolute atomic E-state index is 0.177. The molecule has 1 heterocycles. The smallest absolute Gasteiger partial charge is 0.374 e. The van der Waals surface area contributed by atoms with Gasteiger partial charge in [-0.25, -0.2) is 4.79 Å². The Morgan fingerprint density at radius 3 is 2.65 bits per heavy atom. The lowest BCUT2D eigenvalue weighted by Crippen LogP contribution is -2.11. The Morgan fingerprint density at radius 1 is 1.30 bits per heavy atom. The van der Waals surface area contributed by atoms with Crippen molar-refractivity contribution in [1.29, 1.82) is 0 Å². The van der Waals surface area contributed by atoms with Gasteiger partial charge < -0.3 is 19.1 Å². The van der Waals surface area contributed by atoms with E-state index in [0.29, 0.717) is 27.8 Å². The Hall–Kier alpha value is -2.21. The molecular weight excluding hydrogens is 322 g/mol. The normalized spacial score (nSPS) is 14.9. The maximum absolute atomic E-state index is 10.9. The summed E-state index contributed by atoms with van der Waals surface area (Å²) in [5.41, 5.74) is 0.858. The molecule has 0 spiro atoms. The van der Waals surface area contributed by atoms with Crippen molar-refractivity contribution in [2.24, 2.45) is 0 Å². The lowest BCUT2D eigenvalue weighted by molar-refractivity contribution is 0.0652. The molecule has 0 radical (unpaired) electrons. The number of hydrogen-bond acceptors (Lipinski definition) is 5. The summed E-state index contributed by atoms with van der Waals surface area (Å²) in [7, 11) is 1.54. The molecule has 3 rings (SSSR count). The Bertz CT molecular complexity index is 721. The van der Waals surface area contributed by atoms with Crippen LogP contribution in [0.1, 0.15) is 36.2 Å². The van der Waals surface area contributed by atoms with Crippen molar-refractivity contribution in [2.45, 2.75) is 31.8 Å². The minimum atomic E-state index is -1.19. The van der Waals surface area contributed by atoms with Gasteiger partial charge in [0.15, 0.2) is 11.5 Å². The highest BCUT2D eigenvalue weighted by Crippen LogP contribution is 2.39. The molecule has 1 saturated carbocycles. The second kappa shape index (κ2) is 6.50. The van der Waals surface area contributed by atoms with Crippen LogP contribution in [0.4, 0.5) is 0 Å². The zero-order valence-corrected chi connectivity index (χ0v) is 13.3. The first-order chi connectivity index (χ1) is 11.1. The van der Waals surface area contributed by atoms with Gasteiger partial charge in [-0.05, 0) is 31.7 Å². The lowest BCUT2D eigenvalue weighted by Gasteiger charge is -2.17. The van der Waals surface area contributed by atoms with E-state index in [-0.39, 0.29) is 11.9 Å². The minimum Gasteiger partial charge on any atom is -0.493 e. The van der Waals surface area contributed by atoms with Crippen LogP contribution in [0.5, 0.6) is 11.5 Å². The molecule has 1 aliphatic rings. The number of carbonyl (C=O) groups is 1. The van der Waals surface area contributed by atoms with Gasteiger partial charge in [0.25, 0.3) is 0 Å². The summed E-state index contributed by atoms with van der Waals surface area (Å²) in [6.07, 6.45) is 4.55. The second-order valence-electron chi connectivity index (χ2n) is 5.39. The van der Waals surface area contributed by atoms with Crippen molar-refractivity contribution in [3.05, 3.63) is 29.0 Å². The summed E-state index contributed by atoms with van der Waals surface area (Å²) < 4.78 is 16.1. The number of nitrogens with zero attached hydrogens (tertiary/aromatic N) is 1. The van der Waals surface area contributed by atoms with Crippen LogP contribution in [0.2, 0.25) is 5.02 Å². The highest BCUT2D eigenvalue weighted by Gasteiger charge is 2.21. The van der Waals surface area contributed by atoms with E-state index in [1.807, 2.05) is 0 Å². The van der Waals surface area contributed by atoms with Gasteiger partial charge in [0.05, 0.1) is 18.2 Å². The molecule has 1 aromatic carbocycles. The average molecular weight is 338 g/mol. The van der Waals surface area contributed by atoms with Gasteiger partial charge in [-0.2, -0.15) is 0 Å². The van der Waals surface area contributed by atoms with Crippen LogP contribution in [0.15, 0.2) is 22.7 Å². The predicted molar refractivity (Wildman–Crippen MR) is 83.3 cm³/mol. The molecule has 0 amide bonds. The van der Waals surface area contributed by atoms with Crippen LogP contribution in [-0.2, 0) is 0 Å². The molecule has 1 N–H and O–H groups in total. The monoisotopic (exact) mass is 337 g/mol. The van der Waals surface area contributed by atoms with Crippen molar-refractivity contribution >= 4 is 17.6 Å². The molecule has 0 saturated heterocycles. The fourth-order valence-corrected chi connectivity index (χ4v) is 2.92. The third-order valence-corrected chi connectivity index (χ3v) is 4.16. The number of ether oxygens (including phenoxy) is 2. The predicted octanol–water partition coefficient (Wildman–Crippen LogP) is 4.02. The van der Waals surface area contributed by atoms with Gasteiger partial charge in [0, 0.05) is 17.7 Å². The van der Waals surface area contributed by atoms with E-state index in [4.69, 9.17) is 30.7 Å². The standard InChI is InChI=1S/C16H16ClNO5/c1-21-13-6-10(12-8-15(16(19)20)23-18-12)11(17)7-14(13)22-9-4-2-3-5-9/h6-9H,2-5H2,1H3,(H,19,20). The summed E-state index contributed by atoms with van der Waals surface area (Å²) >= 11 is 6.30. The number of aromatic carboxylic acids is 1. The van der Waals surface area contributed by atoms with Crippen molar-refractivity contribution < 1.29 is 23.9 Å². The average Bonchev–Trinajstić information content (AvgIpc) is 3.18. The Labute approximate surface area is 137 Å². The maximum Gasteiger partial charge on any atom is 0.374 e. The van der Waals surface area contributed by atoms with Crippen molar-refractivity contribution in [2.75, 3.05) is 7.11 Å². The summed E-state index contributed by atoms with van der Waals surface area (Å²) in [5.74, 6) is -0.333. The molecule has 0 aliphatic heterocycles. The molecule has 1 aromatic heterocycles. The molecule has 0 atom stereocenters. The summed E-state index contributed by atoms with van der Waals surface area (Å²) in [4.78, 5) is 10.9. The van der Waals surface area contributed by atoms with E-state index < -0.39 is 5.97 Å². The SMILES string of the molecule is COc1cc(-c2cc(C(=O)O)on2)c(Cl)cc1OC1CCCC1. The van der Waals surface area contributed by atoms with Gasteiger partial charge in [-0.1, -0.05) is 16.8 Å². The Balaban J connectivity index is 1.93. The summed E-state index contributed by atoms with van der Waals surface area (Å²) in [6, 6.07) is 4.67. The molecule has 1 aliphatic carbocycles. The summed E-state index contributed by atoms with van der Waals surface area (Å²) in [5, 5.41) is 13.0. The lowest BCUT2D eigenvalue weighted by atomic mass is 10.1. The molecular formula is C16H16ClNO5. The quantitative estimate of drug-likeness (QED) is 0.887.